The number of rotatable bonds is 7. The molecule has 0 aliphatic carbocycles. The van der Waals surface area contributed by atoms with Gasteiger partial charge in [0.2, 0.25) is 6.41 Å². The molecule has 1 aliphatic rings. The number of carbonyl (C=O) groups excluding carboxylic acids is 2. The fraction of sp³-hybridized carbons (Fsp3) is 0.600. The van der Waals surface area contributed by atoms with E-state index in [-0.39, 0.29) is 17.9 Å². The standard InChI is InChI=1S/C15H22N4O4/c1-11(2)7-13(15(22)23)17-14(21)12(8-16)9-18-3-5-19(10-20)6-4-18/h9-11,13H,3-7H2,1-2H3,(H,17,21)(H,22,23)/b12-9-. The first-order valence-electron chi connectivity index (χ1n) is 7.46. The van der Waals surface area contributed by atoms with Crippen LogP contribution >= 0.6 is 0 Å². The van der Waals surface area contributed by atoms with E-state index in [0.717, 1.165) is 6.41 Å². The van der Waals surface area contributed by atoms with Crippen LogP contribution in [0.2, 0.25) is 0 Å². The number of nitrogens with one attached hydrogen (secondary N) is 1. The first-order chi connectivity index (χ1) is 10.9. The third kappa shape index (κ3) is 5.98. The molecule has 23 heavy (non-hydrogen) atoms. The summed E-state index contributed by atoms with van der Waals surface area (Å²) >= 11 is 0. The smallest absolute Gasteiger partial charge is 0.326 e. The third-order valence-corrected chi connectivity index (χ3v) is 3.49. The lowest BCUT2D eigenvalue weighted by Gasteiger charge is -2.31. The van der Waals surface area contributed by atoms with Crippen molar-refractivity contribution in [3.63, 3.8) is 0 Å². The predicted molar refractivity (Wildman–Crippen MR) is 81.9 cm³/mol. The van der Waals surface area contributed by atoms with Crippen molar-refractivity contribution in [1.29, 1.82) is 5.26 Å². The van der Waals surface area contributed by atoms with Crippen LogP contribution in [0.25, 0.3) is 0 Å². The zero-order chi connectivity index (χ0) is 17.4. The number of carboxylic acids is 1. The lowest BCUT2D eigenvalue weighted by atomic mass is 10.0. The first-order valence-corrected chi connectivity index (χ1v) is 7.46. The van der Waals surface area contributed by atoms with E-state index in [1.54, 1.807) is 15.9 Å². The van der Waals surface area contributed by atoms with Crippen LogP contribution in [-0.2, 0) is 14.4 Å². The highest BCUT2D eigenvalue weighted by Gasteiger charge is 2.23. The van der Waals surface area contributed by atoms with Crippen molar-refractivity contribution in [3.8, 4) is 6.07 Å². The maximum absolute atomic E-state index is 12.1. The van der Waals surface area contributed by atoms with E-state index >= 15 is 0 Å². The predicted octanol–water partition coefficient (Wildman–Crippen LogP) is -0.217. The van der Waals surface area contributed by atoms with Crippen LogP contribution in [0.3, 0.4) is 0 Å². The summed E-state index contributed by atoms with van der Waals surface area (Å²) in [6.07, 6.45) is 2.48. The molecule has 1 atom stereocenters. The van der Waals surface area contributed by atoms with Crippen LogP contribution in [-0.4, -0.2) is 65.4 Å². The molecule has 0 aromatic rings. The molecule has 1 unspecified atom stereocenters. The molecular formula is C15H22N4O4. The Hall–Kier alpha value is -2.56. The Morgan fingerprint density at radius 3 is 2.26 bits per heavy atom. The highest BCUT2D eigenvalue weighted by Crippen LogP contribution is 2.08. The topological polar surface area (TPSA) is 114 Å². The van der Waals surface area contributed by atoms with E-state index in [9.17, 15) is 14.4 Å². The molecule has 126 valence electrons. The minimum Gasteiger partial charge on any atom is -0.480 e. The summed E-state index contributed by atoms with van der Waals surface area (Å²) in [4.78, 5) is 37.3. The summed E-state index contributed by atoms with van der Waals surface area (Å²) in [5.74, 6) is -1.72. The van der Waals surface area contributed by atoms with Crippen LogP contribution in [0.15, 0.2) is 11.8 Å². The van der Waals surface area contributed by atoms with Crippen LogP contribution in [0.5, 0.6) is 0 Å². The summed E-state index contributed by atoms with van der Waals surface area (Å²) in [6, 6.07) is 0.781. The van der Waals surface area contributed by atoms with Gasteiger partial charge in [-0.25, -0.2) is 4.79 Å². The second-order valence-corrected chi connectivity index (χ2v) is 5.83. The van der Waals surface area contributed by atoms with E-state index in [1.807, 2.05) is 13.8 Å². The van der Waals surface area contributed by atoms with Crippen molar-refractivity contribution in [2.75, 3.05) is 26.2 Å². The van der Waals surface area contributed by atoms with Gasteiger partial charge in [-0.2, -0.15) is 5.26 Å². The lowest BCUT2D eigenvalue weighted by Crippen LogP contribution is -2.44. The maximum atomic E-state index is 12.1. The number of carbonyl (C=O) groups is 3. The number of aliphatic carboxylic acids is 1. The Bertz CT molecular complexity index is 516. The van der Waals surface area contributed by atoms with Crippen molar-refractivity contribution in [3.05, 3.63) is 11.8 Å². The Morgan fingerprint density at radius 2 is 1.83 bits per heavy atom. The van der Waals surface area contributed by atoms with Crippen LogP contribution < -0.4 is 5.32 Å². The third-order valence-electron chi connectivity index (χ3n) is 3.49. The average molecular weight is 322 g/mol. The number of carboxylic acid groups (broad SMARTS) is 1. The number of amides is 2. The molecule has 0 aromatic carbocycles. The van der Waals surface area contributed by atoms with E-state index in [4.69, 9.17) is 10.4 Å². The van der Waals surface area contributed by atoms with Gasteiger partial charge >= 0.3 is 5.97 Å². The second-order valence-electron chi connectivity index (χ2n) is 5.83. The van der Waals surface area contributed by atoms with Crippen LogP contribution in [0.4, 0.5) is 0 Å². The molecule has 1 aliphatic heterocycles. The van der Waals surface area contributed by atoms with E-state index in [2.05, 4.69) is 5.32 Å². The fourth-order valence-corrected chi connectivity index (χ4v) is 2.22. The summed E-state index contributed by atoms with van der Waals surface area (Å²) in [7, 11) is 0. The second kappa shape index (κ2) is 8.78. The van der Waals surface area contributed by atoms with Gasteiger partial charge in [-0.3, -0.25) is 9.59 Å². The zero-order valence-corrected chi connectivity index (χ0v) is 13.4. The number of hydrogen-bond acceptors (Lipinski definition) is 5. The van der Waals surface area contributed by atoms with Gasteiger partial charge in [-0.05, 0) is 12.3 Å². The number of nitriles is 1. The minimum atomic E-state index is -1.12. The summed E-state index contributed by atoms with van der Waals surface area (Å²) in [5.41, 5.74) is -0.139. The van der Waals surface area contributed by atoms with Crippen LogP contribution in [0.1, 0.15) is 20.3 Å². The zero-order valence-electron chi connectivity index (χ0n) is 13.4. The SMILES string of the molecule is CC(C)CC(NC(=O)/C(C#N)=C\N1CCN(C=O)CC1)C(=O)O. The van der Waals surface area contributed by atoms with Gasteiger partial charge in [0.05, 0.1) is 0 Å². The molecule has 0 spiro atoms. The molecule has 0 radical (unpaired) electrons. The Kier molecular flexibility index (Phi) is 7.06. The van der Waals surface area contributed by atoms with Crippen molar-refractivity contribution >= 4 is 18.3 Å². The number of piperazine rings is 1. The summed E-state index contributed by atoms with van der Waals surface area (Å²) < 4.78 is 0. The lowest BCUT2D eigenvalue weighted by molar-refractivity contribution is -0.141. The molecular weight excluding hydrogens is 300 g/mol. The monoisotopic (exact) mass is 322 g/mol. The molecule has 2 amide bonds. The van der Waals surface area contributed by atoms with Gasteiger partial charge in [-0.15, -0.1) is 0 Å². The summed E-state index contributed by atoms with van der Waals surface area (Å²) in [6.45, 7) is 5.79. The number of nitrogens with zero attached hydrogens (tertiary/aromatic N) is 3. The average Bonchev–Trinajstić information content (AvgIpc) is 2.51. The highest BCUT2D eigenvalue weighted by atomic mass is 16.4. The van der Waals surface area contributed by atoms with Crippen molar-refractivity contribution < 1.29 is 19.5 Å². The maximum Gasteiger partial charge on any atom is 0.326 e. The highest BCUT2D eigenvalue weighted by molar-refractivity contribution is 5.99. The minimum absolute atomic E-state index is 0.0994. The van der Waals surface area contributed by atoms with Gasteiger partial charge in [-0.1, -0.05) is 13.8 Å². The Balaban J connectivity index is 2.71. The van der Waals surface area contributed by atoms with Crippen molar-refractivity contribution in [2.45, 2.75) is 26.3 Å². The quantitative estimate of drug-likeness (QED) is 0.381. The van der Waals surface area contributed by atoms with Gasteiger partial charge < -0.3 is 20.2 Å². The molecule has 8 nitrogen and oxygen atoms in total. The van der Waals surface area contributed by atoms with Crippen LogP contribution in [0, 0.1) is 17.2 Å². The molecule has 0 aromatic heterocycles. The Morgan fingerprint density at radius 1 is 1.26 bits per heavy atom. The fourth-order valence-electron chi connectivity index (χ4n) is 2.22. The van der Waals surface area contributed by atoms with E-state index < -0.39 is 17.9 Å². The number of hydrogen-bond donors (Lipinski definition) is 2. The molecule has 1 fully saturated rings. The normalized spacial score (nSPS) is 16.7. The van der Waals surface area contributed by atoms with Gasteiger partial charge in [0, 0.05) is 32.4 Å². The molecule has 2 N–H and O–H groups in total. The van der Waals surface area contributed by atoms with Crippen molar-refractivity contribution in [1.82, 2.24) is 15.1 Å². The largest absolute Gasteiger partial charge is 0.480 e. The molecule has 0 saturated carbocycles. The molecule has 1 heterocycles. The molecule has 0 bridgehead atoms. The van der Waals surface area contributed by atoms with Gasteiger partial charge in [0.15, 0.2) is 0 Å². The van der Waals surface area contributed by atoms with Gasteiger partial charge in [0.25, 0.3) is 5.91 Å². The molecule has 8 heteroatoms. The molecule has 1 rings (SSSR count). The summed E-state index contributed by atoms with van der Waals surface area (Å²) in [5, 5.41) is 20.7. The molecule has 1 saturated heterocycles. The van der Waals surface area contributed by atoms with E-state index in [1.165, 1.54) is 6.20 Å². The Labute approximate surface area is 135 Å². The van der Waals surface area contributed by atoms with Gasteiger partial charge in [0.1, 0.15) is 17.7 Å². The van der Waals surface area contributed by atoms with Crippen molar-refractivity contribution in [2.24, 2.45) is 5.92 Å². The van der Waals surface area contributed by atoms with E-state index in [0.29, 0.717) is 26.2 Å². The first kappa shape index (κ1) is 18.5.